The van der Waals surface area contributed by atoms with Crippen LogP contribution >= 0.6 is 0 Å². The minimum Gasteiger partial charge on any atom is -0.497 e. The Bertz CT molecular complexity index is 1050. The Morgan fingerprint density at radius 3 is 2.46 bits per heavy atom. The van der Waals surface area contributed by atoms with E-state index in [1.54, 1.807) is 13.2 Å². The van der Waals surface area contributed by atoms with Crippen LogP contribution in [-0.4, -0.2) is 44.7 Å². The molecule has 5 rings (SSSR count). The van der Waals surface area contributed by atoms with Crippen LogP contribution in [0.5, 0.6) is 5.75 Å². The average Bonchev–Trinajstić information content (AvgIpc) is 2.87. The van der Waals surface area contributed by atoms with Gasteiger partial charge in [0.1, 0.15) is 5.75 Å². The third-order valence-corrected chi connectivity index (χ3v) is 7.77. The average molecular weight is 488 g/mol. The molecule has 1 amide bonds. The SMILES string of the molecule is COc1ccc(N2CCN3c4ccc(C(F)(F)F)cc4C[C@H](C(=O)NC4CCCCC4)[C@H]3C2)cc1. The molecule has 1 N–H and O–H groups in total. The summed E-state index contributed by atoms with van der Waals surface area (Å²) in [6, 6.07) is 11.9. The van der Waals surface area contributed by atoms with Crippen molar-refractivity contribution in [2.24, 2.45) is 5.92 Å². The van der Waals surface area contributed by atoms with Crippen LogP contribution in [0.25, 0.3) is 0 Å². The van der Waals surface area contributed by atoms with Gasteiger partial charge in [0.05, 0.1) is 24.6 Å². The largest absolute Gasteiger partial charge is 0.497 e. The summed E-state index contributed by atoms with van der Waals surface area (Å²) < 4.78 is 45.6. The maximum Gasteiger partial charge on any atom is 0.416 e. The van der Waals surface area contributed by atoms with E-state index in [4.69, 9.17) is 4.74 Å². The Morgan fingerprint density at radius 1 is 1.03 bits per heavy atom. The van der Waals surface area contributed by atoms with Crippen molar-refractivity contribution in [2.45, 2.75) is 56.8 Å². The standard InChI is InChI=1S/C27H32F3N3O2/c1-35-22-10-8-21(9-11-22)32-13-14-33-24-12-7-19(27(28,29)30)15-18(24)16-23(25(33)17-32)26(34)31-20-5-3-2-4-6-20/h7-12,15,20,23,25H,2-6,13-14,16-17H2,1H3,(H,31,34)/t23-,25+/m0/s1. The smallest absolute Gasteiger partial charge is 0.416 e. The number of carbonyl (C=O) groups is 1. The topological polar surface area (TPSA) is 44.8 Å². The van der Waals surface area contributed by atoms with Crippen LogP contribution in [-0.2, 0) is 17.4 Å². The number of hydrogen-bond acceptors (Lipinski definition) is 4. The van der Waals surface area contributed by atoms with Crippen molar-refractivity contribution in [1.82, 2.24) is 5.32 Å². The highest BCUT2D eigenvalue weighted by Crippen LogP contribution is 2.40. The van der Waals surface area contributed by atoms with Gasteiger partial charge in [-0.25, -0.2) is 0 Å². The summed E-state index contributed by atoms with van der Waals surface area (Å²) in [7, 11) is 1.63. The minimum absolute atomic E-state index is 0.0356. The van der Waals surface area contributed by atoms with Gasteiger partial charge in [0.15, 0.2) is 0 Å². The number of anilines is 2. The highest BCUT2D eigenvalue weighted by molar-refractivity contribution is 5.82. The van der Waals surface area contributed by atoms with Gasteiger partial charge >= 0.3 is 6.18 Å². The van der Waals surface area contributed by atoms with Gasteiger partial charge in [0.25, 0.3) is 0 Å². The van der Waals surface area contributed by atoms with Crippen molar-refractivity contribution in [2.75, 3.05) is 36.5 Å². The Kier molecular flexibility index (Phi) is 6.55. The molecule has 2 aliphatic heterocycles. The molecule has 2 heterocycles. The van der Waals surface area contributed by atoms with E-state index in [0.29, 0.717) is 25.1 Å². The second-order valence-electron chi connectivity index (χ2n) is 9.90. The van der Waals surface area contributed by atoms with Crippen molar-refractivity contribution < 1.29 is 22.7 Å². The highest BCUT2D eigenvalue weighted by Gasteiger charge is 2.43. The van der Waals surface area contributed by atoms with Gasteiger partial charge in [-0.2, -0.15) is 13.2 Å². The van der Waals surface area contributed by atoms with Gasteiger partial charge < -0.3 is 19.9 Å². The Hall–Kier alpha value is -2.90. The van der Waals surface area contributed by atoms with E-state index >= 15 is 0 Å². The first-order valence-corrected chi connectivity index (χ1v) is 12.5. The van der Waals surface area contributed by atoms with Crippen molar-refractivity contribution in [3.63, 3.8) is 0 Å². The number of rotatable bonds is 4. The predicted octanol–water partition coefficient (Wildman–Crippen LogP) is 5.03. The fourth-order valence-electron chi connectivity index (χ4n) is 5.88. The molecule has 1 aliphatic carbocycles. The molecule has 1 saturated carbocycles. The van der Waals surface area contributed by atoms with Crippen molar-refractivity contribution in [1.29, 1.82) is 0 Å². The zero-order chi connectivity index (χ0) is 24.6. The predicted molar refractivity (Wildman–Crippen MR) is 130 cm³/mol. The molecule has 2 aromatic rings. The molecule has 8 heteroatoms. The number of nitrogens with one attached hydrogen (secondary N) is 1. The van der Waals surface area contributed by atoms with E-state index in [-0.39, 0.29) is 18.0 Å². The lowest BCUT2D eigenvalue weighted by molar-refractivity contribution is -0.137. The van der Waals surface area contributed by atoms with Crippen LogP contribution in [0.4, 0.5) is 24.5 Å². The lowest BCUT2D eigenvalue weighted by Gasteiger charge is -2.50. The van der Waals surface area contributed by atoms with E-state index in [9.17, 15) is 18.0 Å². The molecule has 188 valence electrons. The zero-order valence-electron chi connectivity index (χ0n) is 20.0. The number of carbonyl (C=O) groups excluding carboxylic acids is 1. The number of nitrogens with zero attached hydrogens (tertiary/aromatic N) is 2. The second kappa shape index (κ2) is 9.63. The lowest BCUT2D eigenvalue weighted by Crippen LogP contribution is -2.61. The number of amides is 1. The molecular weight excluding hydrogens is 455 g/mol. The van der Waals surface area contributed by atoms with E-state index < -0.39 is 17.7 Å². The fourth-order valence-corrected chi connectivity index (χ4v) is 5.88. The number of fused-ring (bicyclic) bond motifs is 3. The third-order valence-electron chi connectivity index (χ3n) is 7.77. The first-order chi connectivity index (χ1) is 16.8. The summed E-state index contributed by atoms with van der Waals surface area (Å²) in [6.07, 6.45) is 1.26. The number of methoxy groups -OCH3 is 1. The molecule has 2 fully saturated rings. The number of benzene rings is 2. The molecule has 0 aromatic heterocycles. The normalized spacial score (nSPS) is 22.9. The number of hydrogen-bond donors (Lipinski definition) is 1. The quantitative estimate of drug-likeness (QED) is 0.657. The number of halogens is 3. The van der Waals surface area contributed by atoms with Gasteiger partial charge in [0, 0.05) is 37.1 Å². The van der Waals surface area contributed by atoms with Crippen LogP contribution in [0.1, 0.15) is 43.2 Å². The first-order valence-electron chi connectivity index (χ1n) is 12.5. The molecule has 3 aliphatic rings. The molecule has 1 saturated heterocycles. The van der Waals surface area contributed by atoms with Gasteiger partial charge in [-0.3, -0.25) is 4.79 Å². The van der Waals surface area contributed by atoms with Crippen LogP contribution < -0.4 is 19.9 Å². The summed E-state index contributed by atoms with van der Waals surface area (Å²) in [5, 5.41) is 3.24. The zero-order valence-corrected chi connectivity index (χ0v) is 20.0. The van der Waals surface area contributed by atoms with E-state index in [1.165, 1.54) is 12.5 Å². The summed E-state index contributed by atoms with van der Waals surface area (Å²) in [5.74, 6) is 0.338. The summed E-state index contributed by atoms with van der Waals surface area (Å²) >= 11 is 0. The second-order valence-corrected chi connectivity index (χ2v) is 9.90. The third kappa shape index (κ3) is 4.93. The van der Waals surface area contributed by atoms with E-state index in [0.717, 1.165) is 55.4 Å². The molecule has 0 bridgehead atoms. The van der Waals surface area contributed by atoms with E-state index in [1.807, 2.05) is 24.3 Å². The Balaban J connectivity index is 1.44. The van der Waals surface area contributed by atoms with E-state index in [2.05, 4.69) is 15.1 Å². The minimum atomic E-state index is -4.40. The van der Waals surface area contributed by atoms with Crippen LogP contribution in [0.2, 0.25) is 0 Å². The monoisotopic (exact) mass is 487 g/mol. The molecule has 5 nitrogen and oxygen atoms in total. The van der Waals surface area contributed by atoms with Crippen LogP contribution in [0, 0.1) is 5.92 Å². The summed E-state index contributed by atoms with van der Waals surface area (Å²) in [5.41, 5.74) is 1.82. The molecule has 0 spiro atoms. The van der Waals surface area contributed by atoms with Gasteiger partial charge in [-0.15, -0.1) is 0 Å². The molecule has 0 radical (unpaired) electrons. The van der Waals surface area contributed by atoms with Crippen molar-refractivity contribution >= 4 is 17.3 Å². The maximum absolute atomic E-state index is 13.5. The summed E-state index contributed by atoms with van der Waals surface area (Å²) in [6.45, 7) is 2.00. The number of ether oxygens (including phenoxy) is 1. The lowest BCUT2D eigenvalue weighted by atomic mass is 9.82. The fraction of sp³-hybridized carbons (Fsp3) is 0.519. The molecule has 0 unspecified atom stereocenters. The maximum atomic E-state index is 13.5. The van der Waals surface area contributed by atoms with Crippen LogP contribution in [0.15, 0.2) is 42.5 Å². The number of alkyl halides is 3. The first kappa shape index (κ1) is 23.8. The Labute approximate surface area is 204 Å². The number of piperazine rings is 1. The van der Waals surface area contributed by atoms with Crippen LogP contribution in [0.3, 0.4) is 0 Å². The molecular formula is C27H32F3N3O2. The van der Waals surface area contributed by atoms with Gasteiger partial charge in [-0.05, 0) is 67.3 Å². The van der Waals surface area contributed by atoms with Gasteiger partial charge in [0.2, 0.25) is 5.91 Å². The Morgan fingerprint density at radius 2 is 1.77 bits per heavy atom. The molecule has 2 atom stereocenters. The van der Waals surface area contributed by atoms with Crippen molar-refractivity contribution in [3.05, 3.63) is 53.6 Å². The summed E-state index contributed by atoms with van der Waals surface area (Å²) in [4.78, 5) is 18.0. The molecule has 35 heavy (non-hydrogen) atoms. The van der Waals surface area contributed by atoms with Crippen molar-refractivity contribution in [3.8, 4) is 5.75 Å². The molecule has 2 aromatic carbocycles. The highest BCUT2D eigenvalue weighted by atomic mass is 19.4. The van der Waals surface area contributed by atoms with Gasteiger partial charge in [-0.1, -0.05) is 19.3 Å².